The summed E-state index contributed by atoms with van der Waals surface area (Å²) in [6.07, 6.45) is 11.7. The number of hydrogen-bond donors (Lipinski definition) is 1. The SMILES string of the molecule is CNC1CCC(C)CC1N1CCC2CCCCC2C1. The third-order valence-corrected chi connectivity index (χ3v) is 6.24. The average molecular weight is 264 g/mol. The van der Waals surface area contributed by atoms with Crippen LogP contribution in [-0.2, 0) is 0 Å². The Bertz CT molecular complexity index is 291. The van der Waals surface area contributed by atoms with Gasteiger partial charge in [0.2, 0.25) is 0 Å². The molecule has 0 aromatic carbocycles. The molecule has 0 spiro atoms. The van der Waals surface area contributed by atoms with Gasteiger partial charge in [-0.15, -0.1) is 0 Å². The van der Waals surface area contributed by atoms with Crippen LogP contribution in [0, 0.1) is 17.8 Å². The number of likely N-dealkylation sites (tertiary alicyclic amines) is 1. The molecule has 0 bridgehead atoms. The summed E-state index contributed by atoms with van der Waals surface area (Å²) in [6, 6.07) is 1.56. The number of nitrogens with one attached hydrogen (secondary N) is 1. The zero-order valence-electron chi connectivity index (χ0n) is 12.9. The van der Waals surface area contributed by atoms with Crippen molar-refractivity contribution in [2.24, 2.45) is 17.8 Å². The minimum atomic E-state index is 0.747. The minimum Gasteiger partial charge on any atom is -0.315 e. The second-order valence-electron chi connectivity index (χ2n) is 7.47. The number of fused-ring (bicyclic) bond motifs is 1. The Labute approximate surface area is 119 Å². The summed E-state index contributed by atoms with van der Waals surface area (Å²) in [7, 11) is 2.17. The highest BCUT2D eigenvalue weighted by Gasteiger charge is 2.37. The maximum atomic E-state index is 3.60. The van der Waals surface area contributed by atoms with Crippen molar-refractivity contribution in [3.05, 3.63) is 0 Å². The van der Waals surface area contributed by atoms with Gasteiger partial charge in [0.15, 0.2) is 0 Å². The lowest BCUT2D eigenvalue weighted by atomic mass is 9.73. The molecule has 5 unspecified atom stereocenters. The van der Waals surface area contributed by atoms with Crippen molar-refractivity contribution in [2.45, 2.75) is 70.4 Å². The second-order valence-corrected chi connectivity index (χ2v) is 7.47. The molecule has 2 nitrogen and oxygen atoms in total. The van der Waals surface area contributed by atoms with E-state index in [4.69, 9.17) is 0 Å². The first-order valence-corrected chi connectivity index (χ1v) is 8.69. The van der Waals surface area contributed by atoms with Gasteiger partial charge in [-0.2, -0.15) is 0 Å². The monoisotopic (exact) mass is 264 g/mol. The highest BCUT2D eigenvalue weighted by molar-refractivity contribution is 4.93. The van der Waals surface area contributed by atoms with E-state index in [1.165, 1.54) is 64.5 Å². The van der Waals surface area contributed by atoms with E-state index < -0.39 is 0 Å². The summed E-state index contributed by atoms with van der Waals surface area (Å²) in [5.74, 6) is 3.02. The first kappa shape index (κ1) is 13.9. The molecule has 19 heavy (non-hydrogen) atoms. The topological polar surface area (TPSA) is 15.3 Å². The standard InChI is InChI=1S/C17H32N2/c1-13-7-8-16(18-2)17(11-13)19-10-9-14-5-3-4-6-15(14)12-19/h13-18H,3-12H2,1-2H3. The highest BCUT2D eigenvalue weighted by Crippen LogP contribution is 2.38. The molecule has 5 atom stereocenters. The van der Waals surface area contributed by atoms with E-state index in [0.29, 0.717) is 0 Å². The predicted molar refractivity (Wildman–Crippen MR) is 81.3 cm³/mol. The summed E-state index contributed by atoms with van der Waals surface area (Å²) in [5, 5.41) is 3.60. The van der Waals surface area contributed by atoms with Gasteiger partial charge in [-0.05, 0) is 63.5 Å². The van der Waals surface area contributed by atoms with Gasteiger partial charge in [-0.3, -0.25) is 4.90 Å². The predicted octanol–water partition coefficient (Wildman–Crippen LogP) is 3.28. The molecule has 1 heterocycles. The molecule has 3 rings (SSSR count). The number of piperidine rings is 1. The second kappa shape index (κ2) is 6.13. The van der Waals surface area contributed by atoms with Crippen molar-refractivity contribution in [3.8, 4) is 0 Å². The van der Waals surface area contributed by atoms with Crippen LogP contribution in [-0.4, -0.2) is 37.1 Å². The lowest BCUT2D eigenvalue weighted by Crippen LogP contribution is -2.56. The molecule has 3 aliphatic rings. The van der Waals surface area contributed by atoms with Crippen LogP contribution in [0.3, 0.4) is 0 Å². The van der Waals surface area contributed by atoms with Crippen molar-refractivity contribution in [3.63, 3.8) is 0 Å². The average Bonchev–Trinajstić information content (AvgIpc) is 2.46. The van der Waals surface area contributed by atoms with Crippen LogP contribution in [0.25, 0.3) is 0 Å². The third kappa shape index (κ3) is 3.00. The van der Waals surface area contributed by atoms with Crippen LogP contribution in [0.15, 0.2) is 0 Å². The molecule has 1 N–H and O–H groups in total. The van der Waals surface area contributed by atoms with E-state index in [-0.39, 0.29) is 0 Å². The summed E-state index contributed by atoms with van der Waals surface area (Å²) < 4.78 is 0. The zero-order valence-corrected chi connectivity index (χ0v) is 12.9. The molecule has 2 aliphatic carbocycles. The van der Waals surface area contributed by atoms with E-state index in [0.717, 1.165) is 29.8 Å². The molecule has 1 saturated heterocycles. The molecule has 0 aromatic rings. The molecule has 3 fully saturated rings. The molecular weight excluding hydrogens is 232 g/mol. The Morgan fingerprint density at radius 2 is 1.74 bits per heavy atom. The third-order valence-electron chi connectivity index (χ3n) is 6.24. The van der Waals surface area contributed by atoms with Crippen molar-refractivity contribution in [2.75, 3.05) is 20.1 Å². The van der Waals surface area contributed by atoms with Gasteiger partial charge in [0.1, 0.15) is 0 Å². The minimum absolute atomic E-state index is 0.747. The van der Waals surface area contributed by atoms with Crippen LogP contribution in [0.5, 0.6) is 0 Å². The Hall–Kier alpha value is -0.0800. The number of hydrogen-bond acceptors (Lipinski definition) is 2. The van der Waals surface area contributed by atoms with Gasteiger partial charge >= 0.3 is 0 Å². The number of rotatable bonds is 2. The maximum absolute atomic E-state index is 3.60. The molecule has 0 radical (unpaired) electrons. The fourth-order valence-corrected chi connectivity index (χ4v) is 5.02. The molecule has 0 aromatic heterocycles. The van der Waals surface area contributed by atoms with Crippen molar-refractivity contribution in [1.82, 2.24) is 10.2 Å². The highest BCUT2D eigenvalue weighted by atomic mass is 15.2. The van der Waals surface area contributed by atoms with Gasteiger partial charge < -0.3 is 5.32 Å². The normalized spacial score (nSPS) is 44.8. The summed E-state index contributed by atoms with van der Waals surface area (Å²) in [5.41, 5.74) is 0. The smallest absolute Gasteiger partial charge is 0.0251 e. The fourth-order valence-electron chi connectivity index (χ4n) is 5.02. The Balaban J connectivity index is 1.64. The summed E-state index contributed by atoms with van der Waals surface area (Å²) in [6.45, 7) is 5.23. The number of nitrogens with zero attached hydrogens (tertiary/aromatic N) is 1. The fraction of sp³-hybridized carbons (Fsp3) is 1.00. The number of likely N-dealkylation sites (N-methyl/N-ethyl adjacent to an activating group) is 1. The lowest BCUT2D eigenvalue weighted by molar-refractivity contribution is 0.0237. The van der Waals surface area contributed by atoms with E-state index in [2.05, 4.69) is 24.2 Å². The van der Waals surface area contributed by atoms with E-state index in [1.807, 2.05) is 0 Å². The summed E-state index contributed by atoms with van der Waals surface area (Å²) in [4.78, 5) is 2.86. The van der Waals surface area contributed by atoms with Crippen molar-refractivity contribution >= 4 is 0 Å². The van der Waals surface area contributed by atoms with Crippen LogP contribution in [0.1, 0.15) is 58.3 Å². The van der Waals surface area contributed by atoms with Crippen LogP contribution in [0.2, 0.25) is 0 Å². The Morgan fingerprint density at radius 1 is 0.947 bits per heavy atom. The van der Waals surface area contributed by atoms with Gasteiger partial charge in [0, 0.05) is 18.6 Å². The van der Waals surface area contributed by atoms with E-state index in [1.54, 1.807) is 0 Å². The van der Waals surface area contributed by atoms with Gasteiger partial charge in [0.25, 0.3) is 0 Å². The molecule has 2 saturated carbocycles. The van der Waals surface area contributed by atoms with Crippen LogP contribution < -0.4 is 5.32 Å². The lowest BCUT2D eigenvalue weighted by Gasteiger charge is -2.48. The Kier molecular flexibility index (Phi) is 4.48. The van der Waals surface area contributed by atoms with Crippen molar-refractivity contribution in [1.29, 1.82) is 0 Å². The van der Waals surface area contributed by atoms with Gasteiger partial charge in [-0.25, -0.2) is 0 Å². The first-order valence-electron chi connectivity index (χ1n) is 8.69. The van der Waals surface area contributed by atoms with Crippen LogP contribution in [0.4, 0.5) is 0 Å². The summed E-state index contributed by atoms with van der Waals surface area (Å²) >= 11 is 0. The quantitative estimate of drug-likeness (QED) is 0.823. The largest absolute Gasteiger partial charge is 0.315 e. The molecule has 1 aliphatic heterocycles. The van der Waals surface area contributed by atoms with Crippen LogP contribution >= 0.6 is 0 Å². The molecule has 2 heteroatoms. The maximum Gasteiger partial charge on any atom is 0.0251 e. The first-order chi connectivity index (χ1) is 9.28. The van der Waals surface area contributed by atoms with Crippen molar-refractivity contribution < 1.29 is 0 Å². The molecule has 110 valence electrons. The van der Waals surface area contributed by atoms with E-state index in [9.17, 15) is 0 Å². The Morgan fingerprint density at radius 3 is 2.53 bits per heavy atom. The molecule has 0 amide bonds. The molecular formula is C17H32N2. The van der Waals surface area contributed by atoms with Gasteiger partial charge in [0.05, 0.1) is 0 Å². The van der Waals surface area contributed by atoms with Gasteiger partial charge in [-0.1, -0.05) is 26.2 Å². The van der Waals surface area contributed by atoms with E-state index >= 15 is 0 Å². The zero-order chi connectivity index (χ0) is 13.2.